The molecule has 3 N–H and O–H groups in total. The predicted octanol–water partition coefficient (Wildman–Crippen LogP) is 0.988. The van der Waals surface area contributed by atoms with Gasteiger partial charge in [-0.1, -0.05) is 13.8 Å². The molecule has 1 aliphatic carbocycles. The lowest BCUT2D eigenvalue weighted by atomic mass is 10.1. The summed E-state index contributed by atoms with van der Waals surface area (Å²) in [6.45, 7) is 4.72. The smallest absolute Gasteiger partial charge is 0.244 e. The van der Waals surface area contributed by atoms with Crippen molar-refractivity contribution in [2.75, 3.05) is 12.3 Å². The monoisotopic (exact) mass is 255 g/mol. The van der Waals surface area contributed by atoms with Gasteiger partial charge in [0.15, 0.2) is 0 Å². The highest BCUT2D eigenvalue weighted by molar-refractivity contribution is 7.89. The Morgan fingerprint density at radius 1 is 1.59 bits per heavy atom. The van der Waals surface area contributed by atoms with Gasteiger partial charge in [-0.3, -0.25) is 0 Å². The van der Waals surface area contributed by atoms with Gasteiger partial charge in [0.25, 0.3) is 0 Å². The number of rotatable bonds is 4. The Balaban J connectivity index is 2.08. The Labute approximate surface area is 101 Å². The fourth-order valence-electron chi connectivity index (χ4n) is 1.84. The molecule has 0 bridgehead atoms. The molecule has 1 aliphatic rings. The van der Waals surface area contributed by atoms with Gasteiger partial charge in [0, 0.05) is 12.7 Å². The number of sulfonamides is 1. The average Bonchev–Trinajstić information content (AvgIpc) is 2.84. The van der Waals surface area contributed by atoms with Gasteiger partial charge >= 0.3 is 0 Å². The van der Waals surface area contributed by atoms with Gasteiger partial charge in [-0.15, -0.1) is 0 Å². The zero-order valence-electron chi connectivity index (χ0n) is 9.97. The topological polar surface area (TPSA) is 85.1 Å². The molecular weight excluding hydrogens is 238 g/mol. The van der Waals surface area contributed by atoms with Crippen LogP contribution in [0.5, 0.6) is 0 Å². The summed E-state index contributed by atoms with van der Waals surface area (Å²) in [6.07, 6.45) is 2.52. The molecule has 5 nitrogen and oxygen atoms in total. The molecule has 6 heteroatoms. The molecule has 1 fully saturated rings. The molecule has 17 heavy (non-hydrogen) atoms. The van der Waals surface area contributed by atoms with Gasteiger partial charge < -0.3 is 5.73 Å². The summed E-state index contributed by atoms with van der Waals surface area (Å²) in [4.78, 5) is 3.83. The fourth-order valence-corrected chi connectivity index (χ4v) is 3.00. The summed E-state index contributed by atoms with van der Waals surface area (Å²) in [6, 6.07) is 3.02. The molecule has 1 saturated carbocycles. The van der Waals surface area contributed by atoms with Crippen LogP contribution in [0.2, 0.25) is 0 Å². The minimum atomic E-state index is -3.53. The van der Waals surface area contributed by atoms with E-state index in [1.165, 1.54) is 12.3 Å². The van der Waals surface area contributed by atoms with Crippen molar-refractivity contribution in [2.24, 2.45) is 11.3 Å². The lowest BCUT2D eigenvalue weighted by Gasteiger charge is -2.08. The second kappa shape index (κ2) is 3.96. The maximum absolute atomic E-state index is 12.0. The van der Waals surface area contributed by atoms with Crippen LogP contribution in [0, 0.1) is 11.3 Å². The quantitative estimate of drug-likeness (QED) is 0.840. The van der Waals surface area contributed by atoms with E-state index < -0.39 is 10.0 Å². The first kappa shape index (κ1) is 12.3. The molecular formula is C11H17N3O2S. The number of pyridine rings is 1. The number of aromatic nitrogens is 1. The van der Waals surface area contributed by atoms with Gasteiger partial charge in [-0.25, -0.2) is 18.1 Å². The van der Waals surface area contributed by atoms with Crippen molar-refractivity contribution in [3.05, 3.63) is 18.3 Å². The van der Waals surface area contributed by atoms with Crippen LogP contribution < -0.4 is 10.5 Å². The SMILES string of the molecule is CC1(C)CC1CNS(=O)(=O)c1cccnc1N. The highest BCUT2D eigenvalue weighted by Gasteiger charge is 2.45. The highest BCUT2D eigenvalue weighted by Crippen LogP contribution is 2.51. The van der Waals surface area contributed by atoms with Crippen LogP contribution in [-0.2, 0) is 10.0 Å². The summed E-state index contributed by atoms with van der Waals surface area (Å²) < 4.78 is 26.5. The normalized spacial score (nSPS) is 22.4. The zero-order valence-corrected chi connectivity index (χ0v) is 10.8. The Hall–Kier alpha value is -1.14. The molecule has 1 atom stereocenters. The molecule has 0 aliphatic heterocycles. The van der Waals surface area contributed by atoms with Crippen LogP contribution >= 0.6 is 0 Å². The molecule has 1 aromatic rings. The van der Waals surface area contributed by atoms with E-state index in [9.17, 15) is 8.42 Å². The lowest BCUT2D eigenvalue weighted by Crippen LogP contribution is -2.27. The van der Waals surface area contributed by atoms with Crippen molar-refractivity contribution in [2.45, 2.75) is 25.2 Å². The van der Waals surface area contributed by atoms with E-state index in [1.807, 2.05) is 0 Å². The van der Waals surface area contributed by atoms with E-state index in [0.29, 0.717) is 12.5 Å². The predicted molar refractivity (Wildman–Crippen MR) is 65.7 cm³/mol. The maximum atomic E-state index is 12.0. The number of hydrogen-bond donors (Lipinski definition) is 2. The highest BCUT2D eigenvalue weighted by atomic mass is 32.2. The van der Waals surface area contributed by atoms with E-state index in [2.05, 4.69) is 23.6 Å². The number of anilines is 1. The first-order valence-corrected chi connectivity index (χ1v) is 7.01. The average molecular weight is 255 g/mol. The number of nitrogens with zero attached hydrogens (tertiary/aromatic N) is 1. The molecule has 2 rings (SSSR count). The third kappa shape index (κ3) is 2.58. The van der Waals surface area contributed by atoms with Crippen molar-refractivity contribution in [1.82, 2.24) is 9.71 Å². The molecule has 1 aromatic heterocycles. The number of nitrogens with one attached hydrogen (secondary N) is 1. The molecule has 0 spiro atoms. The minimum Gasteiger partial charge on any atom is -0.383 e. The zero-order chi connectivity index (χ0) is 12.7. The van der Waals surface area contributed by atoms with Crippen molar-refractivity contribution in [3.8, 4) is 0 Å². The van der Waals surface area contributed by atoms with Crippen molar-refractivity contribution < 1.29 is 8.42 Å². The van der Waals surface area contributed by atoms with Crippen LogP contribution in [0.25, 0.3) is 0 Å². The van der Waals surface area contributed by atoms with E-state index in [0.717, 1.165) is 6.42 Å². The maximum Gasteiger partial charge on any atom is 0.244 e. The Kier molecular flexibility index (Phi) is 2.87. The third-order valence-corrected chi connectivity index (χ3v) is 4.80. The van der Waals surface area contributed by atoms with Crippen LogP contribution in [-0.4, -0.2) is 19.9 Å². The van der Waals surface area contributed by atoms with Crippen LogP contribution in [0.4, 0.5) is 5.82 Å². The third-order valence-electron chi connectivity index (χ3n) is 3.33. The molecule has 0 aromatic carbocycles. The first-order chi connectivity index (χ1) is 7.83. The van der Waals surface area contributed by atoms with Gasteiger partial charge in [0.2, 0.25) is 10.0 Å². The van der Waals surface area contributed by atoms with Gasteiger partial charge in [0.05, 0.1) is 0 Å². The number of nitrogen functional groups attached to an aromatic ring is 1. The van der Waals surface area contributed by atoms with E-state index in [4.69, 9.17) is 5.73 Å². The first-order valence-electron chi connectivity index (χ1n) is 5.53. The molecule has 0 radical (unpaired) electrons. The summed E-state index contributed by atoms with van der Waals surface area (Å²) >= 11 is 0. The molecule has 1 heterocycles. The molecule has 94 valence electrons. The van der Waals surface area contributed by atoms with Gasteiger partial charge in [0.1, 0.15) is 10.7 Å². The van der Waals surface area contributed by atoms with E-state index in [-0.39, 0.29) is 16.1 Å². The Morgan fingerprint density at radius 3 is 2.76 bits per heavy atom. The summed E-state index contributed by atoms with van der Waals surface area (Å²) in [5.74, 6) is 0.449. The van der Waals surface area contributed by atoms with Gasteiger partial charge in [-0.05, 0) is 29.9 Å². The Bertz CT molecular complexity index is 525. The standard InChI is InChI=1S/C11H17N3O2S/c1-11(2)6-8(11)7-14-17(15,16)9-4-3-5-13-10(9)12/h3-5,8,14H,6-7H2,1-2H3,(H2,12,13). The second-order valence-corrected chi connectivity index (χ2v) is 6.86. The molecule has 0 amide bonds. The van der Waals surface area contributed by atoms with Crippen LogP contribution in [0.15, 0.2) is 23.2 Å². The van der Waals surface area contributed by atoms with Gasteiger partial charge in [-0.2, -0.15) is 0 Å². The summed E-state index contributed by atoms with van der Waals surface area (Å²) in [7, 11) is -3.53. The fraction of sp³-hybridized carbons (Fsp3) is 0.545. The van der Waals surface area contributed by atoms with E-state index >= 15 is 0 Å². The van der Waals surface area contributed by atoms with E-state index in [1.54, 1.807) is 6.07 Å². The van der Waals surface area contributed by atoms with Crippen LogP contribution in [0.3, 0.4) is 0 Å². The second-order valence-electron chi connectivity index (χ2n) is 5.13. The largest absolute Gasteiger partial charge is 0.383 e. The van der Waals surface area contributed by atoms with Crippen molar-refractivity contribution >= 4 is 15.8 Å². The summed E-state index contributed by atoms with van der Waals surface area (Å²) in [5.41, 5.74) is 5.80. The Morgan fingerprint density at radius 2 is 2.24 bits per heavy atom. The number of hydrogen-bond acceptors (Lipinski definition) is 4. The molecule has 1 unspecified atom stereocenters. The lowest BCUT2D eigenvalue weighted by molar-refractivity contribution is 0.537. The number of nitrogens with two attached hydrogens (primary N) is 1. The van der Waals surface area contributed by atoms with Crippen molar-refractivity contribution in [1.29, 1.82) is 0 Å². The van der Waals surface area contributed by atoms with Crippen LogP contribution in [0.1, 0.15) is 20.3 Å². The minimum absolute atomic E-state index is 0.0371. The summed E-state index contributed by atoms with van der Waals surface area (Å²) in [5, 5.41) is 0. The van der Waals surface area contributed by atoms with Crippen molar-refractivity contribution in [3.63, 3.8) is 0 Å². The molecule has 0 saturated heterocycles.